The monoisotopic (exact) mass is 354 g/mol. The fourth-order valence-corrected chi connectivity index (χ4v) is 2.78. The lowest BCUT2D eigenvalue weighted by atomic mass is 10.1. The lowest BCUT2D eigenvalue weighted by Crippen LogP contribution is -2.39. The Morgan fingerprint density at radius 3 is 1.70 bits per heavy atom. The number of amides is 3. The van der Waals surface area contributed by atoms with E-state index in [-0.39, 0.29) is 31.2 Å². The summed E-state index contributed by atoms with van der Waals surface area (Å²) < 4.78 is 0. The molecule has 0 spiro atoms. The van der Waals surface area contributed by atoms with Crippen LogP contribution in [-0.2, 0) is 4.79 Å². The zero-order valence-electron chi connectivity index (χ0n) is 9.89. The Kier molecular flexibility index (Phi) is 4.16. The van der Waals surface area contributed by atoms with Gasteiger partial charge in [0.25, 0.3) is 11.8 Å². The molecule has 3 amide bonds. The van der Waals surface area contributed by atoms with Crippen molar-refractivity contribution in [1.29, 1.82) is 0 Å². The minimum atomic E-state index is -0.737. The molecule has 0 fully saturated rings. The summed E-state index contributed by atoms with van der Waals surface area (Å²) in [5.41, 5.74) is -0.278. The first-order valence-corrected chi connectivity index (χ1v) is 6.75. The van der Waals surface area contributed by atoms with E-state index in [1.54, 1.807) is 0 Å². The van der Waals surface area contributed by atoms with Gasteiger partial charge in [0.1, 0.15) is 6.54 Å². The van der Waals surface area contributed by atoms with E-state index in [2.05, 4.69) is 5.32 Å². The van der Waals surface area contributed by atoms with Crippen LogP contribution < -0.4 is 5.32 Å². The average molecular weight is 356 g/mol. The second kappa shape index (κ2) is 5.41. The van der Waals surface area contributed by atoms with E-state index in [1.165, 1.54) is 7.05 Å². The molecule has 9 heteroatoms. The molecule has 20 heavy (non-hydrogen) atoms. The molecule has 5 nitrogen and oxygen atoms in total. The third-order valence-corrected chi connectivity index (χ3v) is 4.57. The number of carbonyl (C=O) groups excluding carboxylic acids is 3. The van der Waals surface area contributed by atoms with E-state index in [9.17, 15) is 14.4 Å². The van der Waals surface area contributed by atoms with Crippen LogP contribution in [0.1, 0.15) is 20.7 Å². The van der Waals surface area contributed by atoms with Crippen LogP contribution in [0, 0.1) is 0 Å². The number of rotatable bonds is 2. The third-order valence-electron chi connectivity index (χ3n) is 2.77. The van der Waals surface area contributed by atoms with Gasteiger partial charge in [0.05, 0.1) is 31.2 Å². The standard InChI is InChI=1S/C11H6Cl4N2O3/c1-16-3(18)2-17-10(19)4-5(11(17)20)7(13)9(15)8(14)6(4)12/h2H2,1H3,(H,16,18). The predicted molar refractivity (Wildman–Crippen MR) is 75.9 cm³/mol. The molecule has 1 aliphatic heterocycles. The van der Waals surface area contributed by atoms with Crippen LogP contribution in [0.4, 0.5) is 0 Å². The van der Waals surface area contributed by atoms with Crippen molar-refractivity contribution in [1.82, 2.24) is 10.2 Å². The van der Waals surface area contributed by atoms with Crippen molar-refractivity contribution in [2.24, 2.45) is 0 Å². The molecule has 0 aromatic heterocycles. The lowest BCUT2D eigenvalue weighted by molar-refractivity contribution is -0.120. The van der Waals surface area contributed by atoms with Crippen LogP contribution in [0.2, 0.25) is 20.1 Å². The second-order valence-corrected chi connectivity index (χ2v) is 5.39. The fraction of sp³-hybridized carbons (Fsp3) is 0.182. The highest BCUT2D eigenvalue weighted by molar-refractivity contribution is 6.55. The van der Waals surface area contributed by atoms with Gasteiger partial charge in [0.15, 0.2) is 0 Å². The largest absolute Gasteiger partial charge is 0.358 e. The van der Waals surface area contributed by atoms with Crippen LogP contribution in [0.15, 0.2) is 0 Å². The van der Waals surface area contributed by atoms with Gasteiger partial charge in [-0.2, -0.15) is 0 Å². The minimum Gasteiger partial charge on any atom is -0.358 e. The van der Waals surface area contributed by atoms with Crippen molar-refractivity contribution in [3.05, 3.63) is 31.2 Å². The second-order valence-electron chi connectivity index (χ2n) is 3.88. The van der Waals surface area contributed by atoms with Gasteiger partial charge in [-0.1, -0.05) is 46.4 Å². The van der Waals surface area contributed by atoms with E-state index in [1.807, 2.05) is 0 Å². The van der Waals surface area contributed by atoms with E-state index < -0.39 is 24.3 Å². The zero-order chi connectivity index (χ0) is 15.2. The molecule has 0 atom stereocenters. The average Bonchev–Trinajstić information content (AvgIpc) is 2.67. The molecule has 1 N–H and O–H groups in total. The van der Waals surface area contributed by atoms with Crippen molar-refractivity contribution >= 4 is 64.1 Å². The zero-order valence-corrected chi connectivity index (χ0v) is 12.9. The molecule has 1 aromatic carbocycles. The summed E-state index contributed by atoms with van der Waals surface area (Å²) in [6, 6.07) is 0. The first kappa shape index (κ1) is 15.4. The quantitative estimate of drug-likeness (QED) is 0.503. The Labute approximate surface area is 133 Å². The molecule has 0 aliphatic carbocycles. The normalized spacial score (nSPS) is 13.8. The molecule has 0 unspecified atom stereocenters. The van der Waals surface area contributed by atoms with Crippen LogP contribution in [0.5, 0.6) is 0 Å². The number of nitrogens with zero attached hydrogens (tertiary/aromatic N) is 1. The Hall–Kier alpha value is -1.01. The number of hydrogen-bond donors (Lipinski definition) is 1. The highest BCUT2D eigenvalue weighted by atomic mass is 35.5. The highest BCUT2D eigenvalue weighted by Crippen LogP contribution is 2.44. The topological polar surface area (TPSA) is 66.5 Å². The van der Waals surface area contributed by atoms with Crippen LogP contribution in [-0.4, -0.2) is 36.2 Å². The molecule has 0 saturated heterocycles. The smallest absolute Gasteiger partial charge is 0.263 e. The Bertz CT molecular complexity index is 613. The Morgan fingerprint density at radius 2 is 1.35 bits per heavy atom. The van der Waals surface area contributed by atoms with Gasteiger partial charge in [-0.25, -0.2) is 0 Å². The number of nitrogens with one attached hydrogen (secondary N) is 1. The number of likely N-dealkylation sites (N-methyl/N-ethyl adjacent to an activating group) is 1. The maximum Gasteiger partial charge on any atom is 0.263 e. The summed E-state index contributed by atoms with van der Waals surface area (Å²) in [6.45, 7) is -0.440. The lowest BCUT2D eigenvalue weighted by Gasteiger charge is -2.11. The number of imide groups is 1. The molecular weight excluding hydrogens is 350 g/mol. The highest BCUT2D eigenvalue weighted by Gasteiger charge is 2.42. The van der Waals surface area contributed by atoms with Crippen molar-refractivity contribution in [3.8, 4) is 0 Å². The number of fused-ring (bicyclic) bond motifs is 1. The molecule has 1 aromatic rings. The van der Waals surface area contributed by atoms with Crippen LogP contribution >= 0.6 is 46.4 Å². The van der Waals surface area contributed by atoms with Gasteiger partial charge >= 0.3 is 0 Å². The van der Waals surface area contributed by atoms with Crippen LogP contribution in [0.3, 0.4) is 0 Å². The van der Waals surface area contributed by atoms with Crippen molar-refractivity contribution in [2.45, 2.75) is 0 Å². The summed E-state index contributed by atoms with van der Waals surface area (Å²) in [5, 5.41) is 1.77. The molecule has 0 radical (unpaired) electrons. The fourth-order valence-electron chi connectivity index (χ4n) is 1.76. The Balaban J connectivity index is 2.60. The molecule has 0 saturated carbocycles. The van der Waals surface area contributed by atoms with Crippen molar-refractivity contribution in [2.75, 3.05) is 13.6 Å². The third kappa shape index (κ3) is 2.15. The molecule has 1 heterocycles. The summed E-state index contributed by atoms with van der Waals surface area (Å²) in [5.74, 6) is -1.98. The Morgan fingerprint density at radius 1 is 0.950 bits per heavy atom. The summed E-state index contributed by atoms with van der Waals surface area (Å²) in [7, 11) is 1.38. The SMILES string of the molecule is CNC(=O)CN1C(=O)c2c(Cl)c(Cl)c(Cl)c(Cl)c2C1=O. The molecule has 0 bridgehead atoms. The number of benzene rings is 1. The first-order chi connectivity index (χ1) is 9.31. The molecule has 1 aliphatic rings. The van der Waals surface area contributed by atoms with Crippen LogP contribution in [0.25, 0.3) is 0 Å². The van der Waals surface area contributed by atoms with Crippen molar-refractivity contribution < 1.29 is 14.4 Å². The summed E-state index contributed by atoms with van der Waals surface area (Å²) >= 11 is 23.6. The number of carbonyl (C=O) groups is 3. The van der Waals surface area contributed by atoms with Gasteiger partial charge in [0, 0.05) is 7.05 Å². The summed E-state index contributed by atoms with van der Waals surface area (Å²) in [6.07, 6.45) is 0. The summed E-state index contributed by atoms with van der Waals surface area (Å²) in [4.78, 5) is 36.4. The molecule has 2 rings (SSSR count). The minimum absolute atomic E-state index is 0.111. The first-order valence-electron chi connectivity index (χ1n) is 5.24. The number of hydrogen-bond acceptors (Lipinski definition) is 3. The van der Waals surface area contributed by atoms with Crippen molar-refractivity contribution in [3.63, 3.8) is 0 Å². The van der Waals surface area contributed by atoms with Gasteiger partial charge in [-0.05, 0) is 0 Å². The predicted octanol–water partition coefficient (Wildman–Crippen LogP) is 2.64. The molecular formula is C11H6Cl4N2O3. The maximum absolute atomic E-state index is 12.2. The van der Waals surface area contributed by atoms with Gasteiger partial charge in [-0.15, -0.1) is 0 Å². The van der Waals surface area contributed by atoms with Gasteiger partial charge in [0.2, 0.25) is 5.91 Å². The maximum atomic E-state index is 12.2. The van der Waals surface area contributed by atoms with Gasteiger partial charge < -0.3 is 5.32 Å². The van der Waals surface area contributed by atoms with E-state index in [0.29, 0.717) is 0 Å². The van der Waals surface area contributed by atoms with Gasteiger partial charge in [-0.3, -0.25) is 19.3 Å². The molecule has 106 valence electrons. The van der Waals surface area contributed by atoms with E-state index in [4.69, 9.17) is 46.4 Å². The van der Waals surface area contributed by atoms with E-state index >= 15 is 0 Å². The van der Waals surface area contributed by atoms with E-state index in [0.717, 1.165) is 4.90 Å². The number of halogens is 4.